The van der Waals surface area contributed by atoms with Gasteiger partial charge in [0.1, 0.15) is 24.1 Å². The predicted octanol–water partition coefficient (Wildman–Crippen LogP) is 0.577. The summed E-state index contributed by atoms with van der Waals surface area (Å²) in [4.78, 5) is 35.8. The number of aromatic nitrogens is 2. The van der Waals surface area contributed by atoms with Crippen LogP contribution in [-0.2, 0) is 11.3 Å². The van der Waals surface area contributed by atoms with Crippen molar-refractivity contribution in [3.05, 3.63) is 58.5 Å². The van der Waals surface area contributed by atoms with Gasteiger partial charge in [-0.25, -0.2) is 4.68 Å². The van der Waals surface area contributed by atoms with Gasteiger partial charge in [-0.2, -0.15) is 5.10 Å². The second-order valence-corrected chi connectivity index (χ2v) is 5.53. The van der Waals surface area contributed by atoms with E-state index in [9.17, 15) is 14.4 Å². The van der Waals surface area contributed by atoms with Gasteiger partial charge in [0, 0.05) is 12.6 Å². The van der Waals surface area contributed by atoms with E-state index >= 15 is 0 Å². The van der Waals surface area contributed by atoms with Crippen molar-refractivity contribution in [1.82, 2.24) is 20.4 Å². The highest BCUT2D eigenvalue weighted by Gasteiger charge is 2.17. The number of carbonyl (C=O) groups excluding carboxylic acids is 2. The van der Waals surface area contributed by atoms with E-state index < -0.39 is 11.9 Å². The highest BCUT2D eigenvalue weighted by Crippen LogP contribution is 2.07. The number of nitrogens with one attached hydrogen (secondary N) is 2. The Morgan fingerprint density at radius 2 is 1.92 bits per heavy atom. The SMILES string of the molecule is CCNC(=O)[C@@H](C)NC(=O)c1ccc(=O)n(CCOc2ccccc2)n1. The Hall–Kier alpha value is -3.16. The molecule has 2 amide bonds. The van der Waals surface area contributed by atoms with Crippen LogP contribution < -0.4 is 20.9 Å². The molecule has 1 atom stereocenters. The third kappa shape index (κ3) is 5.44. The minimum Gasteiger partial charge on any atom is -0.492 e. The maximum Gasteiger partial charge on any atom is 0.272 e. The molecule has 0 saturated carbocycles. The highest BCUT2D eigenvalue weighted by atomic mass is 16.5. The van der Waals surface area contributed by atoms with Crippen molar-refractivity contribution in [2.24, 2.45) is 0 Å². The van der Waals surface area contributed by atoms with Crippen LogP contribution in [0, 0.1) is 0 Å². The third-order valence-corrected chi connectivity index (χ3v) is 3.51. The Balaban J connectivity index is 1.98. The van der Waals surface area contributed by atoms with Gasteiger partial charge in [-0.1, -0.05) is 18.2 Å². The Morgan fingerprint density at radius 3 is 2.62 bits per heavy atom. The number of likely N-dealkylation sites (N-methyl/N-ethyl adjacent to an activating group) is 1. The van der Waals surface area contributed by atoms with E-state index in [-0.39, 0.29) is 30.3 Å². The standard InChI is InChI=1S/C18H22N4O4/c1-3-19-17(24)13(2)20-18(25)15-9-10-16(23)22(21-15)11-12-26-14-7-5-4-6-8-14/h4-10,13H,3,11-12H2,1-2H3,(H,19,24)(H,20,25)/t13-/m1/s1. The average molecular weight is 358 g/mol. The minimum atomic E-state index is -0.703. The minimum absolute atomic E-state index is 0.0560. The van der Waals surface area contributed by atoms with Gasteiger partial charge in [-0.15, -0.1) is 0 Å². The molecule has 26 heavy (non-hydrogen) atoms. The lowest BCUT2D eigenvalue weighted by Gasteiger charge is -2.13. The van der Waals surface area contributed by atoms with Crippen molar-refractivity contribution in [3.8, 4) is 5.75 Å². The topological polar surface area (TPSA) is 102 Å². The summed E-state index contributed by atoms with van der Waals surface area (Å²) in [6, 6.07) is 11.1. The van der Waals surface area contributed by atoms with Crippen LogP contribution in [0.2, 0.25) is 0 Å². The molecule has 0 aliphatic carbocycles. The number of ether oxygens (including phenoxy) is 1. The number of rotatable bonds is 8. The van der Waals surface area contributed by atoms with Crippen molar-refractivity contribution in [2.75, 3.05) is 13.2 Å². The fraction of sp³-hybridized carbons (Fsp3) is 0.333. The average Bonchev–Trinajstić information content (AvgIpc) is 2.64. The molecule has 1 heterocycles. The Bertz CT molecular complexity index is 804. The smallest absolute Gasteiger partial charge is 0.272 e. The van der Waals surface area contributed by atoms with Crippen molar-refractivity contribution in [2.45, 2.75) is 26.4 Å². The quantitative estimate of drug-likeness (QED) is 0.718. The van der Waals surface area contributed by atoms with Gasteiger partial charge in [0.05, 0.1) is 6.54 Å². The fourth-order valence-electron chi connectivity index (χ4n) is 2.16. The summed E-state index contributed by atoms with van der Waals surface area (Å²) in [5, 5.41) is 9.21. The lowest BCUT2D eigenvalue weighted by Crippen LogP contribution is -2.45. The zero-order valence-corrected chi connectivity index (χ0v) is 14.8. The molecular weight excluding hydrogens is 336 g/mol. The third-order valence-electron chi connectivity index (χ3n) is 3.51. The maximum absolute atomic E-state index is 12.2. The monoisotopic (exact) mass is 358 g/mol. The molecular formula is C18H22N4O4. The number of hydrogen-bond donors (Lipinski definition) is 2. The van der Waals surface area contributed by atoms with Crippen LogP contribution >= 0.6 is 0 Å². The van der Waals surface area contributed by atoms with Crippen LogP contribution in [0.5, 0.6) is 5.75 Å². The second-order valence-electron chi connectivity index (χ2n) is 5.53. The first-order valence-electron chi connectivity index (χ1n) is 8.36. The molecule has 0 radical (unpaired) electrons. The summed E-state index contributed by atoms with van der Waals surface area (Å²) in [5.41, 5.74) is -0.282. The molecule has 0 spiro atoms. The molecule has 0 bridgehead atoms. The zero-order chi connectivity index (χ0) is 18.9. The summed E-state index contributed by atoms with van der Waals surface area (Å²) in [6.07, 6.45) is 0. The number of amides is 2. The number of nitrogens with zero attached hydrogens (tertiary/aromatic N) is 2. The van der Waals surface area contributed by atoms with Crippen LogP contribution in [0.25, 0.3) is 0 Å². The molecule has 0 fully saturated rings. The predicted molar refractivity (Wildman–Crippen MR) is 96.0 cm³/mol. The molecule has 2 N–H and O–H groups in total. The summed E-state index contributed by atoms with van der Waals surface area (Å²) in [7, 11) is 0. The van der Waals surface area contributed by atoms with E-state index in [1.807, 2.05) is 30.3 Å². The number of carbonyl (C=O) groups is 2. The molecule has 0 unspecified atom stereocenters. The molecule has 0 saturated heterocycles. The van der Waals surface area contributed by atoms with Crippen LogP contribution in [0.3, 0.4) is 0 Å². The summed E-state index contributed by atoms with van der Waals surface area (Å²) >= 11 is 0. The van der Waals surface area contributed by atoms with Crippen LogP contribution in [0.15, 0.2) is 47.3 Å². The van der Waals surface area contributed by atoms with E-state index in [1.165, 1.54) is 12.1 Å². The lowest BCUT2D eigenvalue weighted by atomic mass is 10.3. The van der Waals surface area contributed by atoms with Crippen molar-refractivity contribution in [1.29, 1.82) is 0 Å². The zero-order valence-electron chi connectivity index (χ0n) is 14.8. The Kier molecular flexibility index (Phi) is 6.90. The lowest BCUT2D eigenvalue weighted by molar-refractivity contribution is -0.122. The molecule has 2 aromatic rings. The summed E-state index contributed by atoms with van der Waals surface area (Å²) in [6.45, 7) is 4.27. The first kappa shape index (κ1) is 19.2. The first-order valence-corrected chi connectivity index (χ1v) is 8.36. The van der Waals surface area contributed by atoms with Gasteiger partial charge in [0.15, 0.2) is 0 Å². The number of hydrogen-bond acceptors (Lipinski definition) is 5. The van der Waals surface area contributed by atoms with E-state index in [2.05, 4.69) is 15.7 Å². The van der Waals surface area contributed by atoms with E-state index in [0.29, 0.717) is 12.3 Å². The van der Waals surface area contributed by atoms with E-state index in [4.69, 9.17) is 4.74 Å². The maximum atomic E-state index is 12.2. The van der Waals surface area contributed by atoms with Crippen LogP contribution in [-0.4, -0.2) is 40.8 Å². The largest absolute Gasteiger partial charge is 0.492 e. The molecule has 2 rings (SSSR count). The van der Waals surface area contributed by atoms with Gasteiger partial charge in [0.2, 0.25) is 5.91 Å². The van der Waals surface area contributed by atoms with Gasteiger partial charge in [0.25, 0.3) is 11.5 Å². The fourth-order valence-corrected chi connectivity index (χ4v) is 2.16. The molecule has 1 aromatic heterocycles. The van der Waals surface area contributed by atoms with Gasteiger partial charge in [-0.3, -0.25) is 14.4 Å². The number of para-hydroxylation sites is 1. The molecule has 0 aliphatic heterocycles. The molecule has 138 valence electrons. The van der Waals surface area contributed by atoms with Crippen molar-refractivity contribution < 1.29 is 14.3 Å². The normalized spacial score (nSPS) is 11.5. The van der Waals surface area contributed by atoms with E-state index in [1.54, 1.807) is 13.8 Å². The summed E-state index contributed by atoms with van der Waals surface area (Å²) in [5.74, 6) is -0.128. The molecule has 8 heteroatoms. The van der Waals surface area contributed by atoms with Gasteiger partial charge in [-0.05, 0) is 32.0 Å². The summed E-state index contributed by atoms with van der Waals surface area (Å²) < 4.78 is 6.70. The first-order chi connectivity index (χ1) is 12.5. The Labute approximate surface area is 151 Å². The van der Waals surface area contributed by atoms with Crippen LogP contribution in [0.4, 0.5) is 0 Å². The Morgan fingerprint density at radius 1 is 1.19 bits per heavy atom. The van der Waals surface area contributed by atoms with Crippen molar-refractivity contribution >= 4 is 11.8 Å². The molecule has 8 nitrogen and oxygen atoms in total. The van der Waals surface area contributed by atoms with Gasteiger partial charge < -0.3 is 15.4 Å². The van der Waals surface area contributed by atoms with Crippen LogP contribution in [0.1, 0.15) is 24.3 Å². The van der Waals surface area contributed by atoms with E-state index in [0.717, 1.165) is 4.68 Å². The molecule has 1 aromatic carbocycles. The number of benzene rings is 1. The highest BCUT2D eigenvalue weighted by molar-refractivity contribution is 5.95. The van der Waals surface area contributed by atoms with Gasteiger partial charge >= 0.3 is 0 Å². The van der Waals surface area contributed by atoms with Crippen molar-refractivity contribution in [3.63, 3.8) is 0 Å². The second kappa shape index (κ2) is 9.36. The molecule has 0 aliphatic rings.